The van der Waals surface area contributed by atoms with Gasteiger partial charge in [-0.1, -0.05) is 37.3 Å². The lowest BCUT2D eigenvalue weighted by molar-refractivity contribution is 0.278. The van der Waals surface area contributed by atoms with E-state index in [1.807, 2.05) is 30.3 Å². The summed E-state index contributed by atoms with van der Waals surface area (Å²) in [5.41, 5.74) is 1.01. The first-order valence-corrected chi connectivity index (χ1v) is 10.5. The van der Waals surface area contributed by atoms with Crippen LogP contribution in [-0.4, -0.2) is 42.3 Å². The minimum atomic E-state index is -3.44. The van der Waals surface area contributed by atoms with E-state index in [4.69, 9.17) is 0 Å². The SMILES string of the molecule is C[C@@H]1CCCN(S(=O)(=O)NCC[S@@](=O)Cc2ccccc2)C1. The third kappa shape index (κ3) is 5.46. The maximum Gasteiger partial charge on any atom is 0.279 e. The van der Waals surface area contributed by atoms with Crippen LogP contribution in [0.5, 0.6) is 0 Å². The van der Waals surface area contributed by atoms with Crippen molar-refractivity contribution in [2.45, 2.75) is 25.5 Å². The molecule has 0 aromatic heterocycles. The minimum absolute atomic E-state index is 0.215. The zero-order valence-corrected chi connectivity index (χ0v) is 14.5. The third-order valence-electron chi connectivity index (χ3n) is 3.74. The number of hydrogen-bond donors (Lipinski definition) is 1. The molecule has 1 aromatic carbocycles. The second-order valence-corrected chi connectivity index (χ2v) is 9.11. The molecular weight excluding hydrogens is 320 g/mol. The van der Waals surface area contributed by atoms with E-state index in [-0.39, 0.29) is 6.54 Å². The van der Waals surface area contributed by atoms with Gasteiger partial charge in [0.15, 0.2) is 0 Å². The van der Waals surface area contributed by atoms with Crippen LogP contribution in [0, 0.1) is 5.92 Å². The fourth-order valence-corrected chi connectivity index (χ4v) is 5.10. The predicted molar refractivity (Wildman–Crippen MR) is 90.0 cm³/mol. The minimum Gasteiger partial charge on any atom is -0.259 e. The van der Waals surface area contributed by atoms with E-state index in [0.717, 1.165) is 18.4 Å². The van der Waals surface area contributed by atoms with Crippen LogP contribution in [0.3, 0.4) is 0 Å². The molecule has 1 N–H and O–H groups in total. The lowest BCUT2D eigenvalue weighted by Crippen LogP contribution is -2.46. The Morgan fingerprint density at radius 3 is 2.73 bits per heavy atom. The molecule has 0 unspecified atom stereocenters. The van der Waals surface area contributed by atoms with Crippen LogP contribution in [0.1, 0.15) is 25.3 Å². The van der Waals surface area contributed by atoms with E-state index in [0.29, 0.717) is 30.5 Å². The lowest BCUT2D eigenvalue weighted by atomic mass is 10.0. The van der Waals surface area contributed by atoms with E-state index >= 15 is 0 Å². The Kier molecular flexibility index (Phi) is 6.55. The smallest absolute Gasteiger partial charge is 0.259 e. The number of benzene rings is 1. The zero-order chi connectivity index (χ0) is 16.0. The largest absolute Gasteiger partial charge is 0.279 e. The van der Waals surface area contributed by atoms with Crippen molar-refractivity contribution in [1.29, 1.82) is 0 Å². The molecule has 0 spiro atoms. The maximum absolute atomic E-state index is 12.2. The fourth-order valence-electron chi connectivity index (χ4n) is 2.57. The summed E-state index contributed by atoms with van der Waals surface area (Å²) in [5, 5.41) is 0. The van der Waals surface area contributed by atoms with Gasteiger partial charge in [0, 0.05) is 41.9 Å². The van der Waals surface area contributed by atoms with E-state index in [1.54, 1.807) is 0 Å². The van der Waals surface area contributed by atoms with E-state index in [9.17, 15) is 12.6 Å². The van der Waals surface area contributed by atoms with Crippen LogP contribution in [0.15, 0.2) is 30.3 Å². The molecule has 7 heteroatoms. The van der Waals surface area contributed by atoms with Crippen LogP contribution in [0.25, 0.3) is 0 Å². The highest BCUT2D eigenvalue weighted by molar-refractivity contribution is 7.87. The van der Waals surface area contributed by atoms with E-state index in [1.165, 1.54) is 4.31 Å². The molecular formula is C15H24N2O3S2. The molecule has 5 nitrogen and oxygen atoms in total. The Morgan fingerprint density at radius 2 is 2.05 bits per heavy atom. The fraction of sp³-hybridized carbons (Fsp3) is 0.600. The van der Waals surface area contributed by atoms with E-state index in [2.05, 4.69) is 11.6 Å². The Balaban J connectivity index is 1.76. The molecule has 0 amide bonds. The first kappa shape index (κ1) is 17.6. The van der Waals surface area contributed by atoms with Gasteiger partial charge in [0.25, 0.3) is 10.2 Å². The molecule has 1 aromatic rings. The molecule has 2 rings (SSSR count). The predicted octanol–water partition coefficient (Wildman–Crippen LogP) is 1.50. The monoisotopic (exact) mass is 344 g/mol. The standard InChI is InChI=1S/C15H24N2O3S2/c1-14-6-5-10-17(12-14)22(19,20)16-9-11-21(18)13-15-7-3-2-4-8-15/h2-4,7-8,14,16H,5-6,9-13H2,1H3/t14-,21-/m1/s1. The second-order valence-electron chi connectivity index (χ2n) is 5.78. The van der Waals surface area contributed by atoms with Gasteiger partial charge in [0.1, 0.15) is 0 Å². The molecule has 1 heterocycles. The molecule has 0 radical (unpaired) electrons. The van der Waals surface area contributed by atoms with Gasteiger partial charge < -0.3 is 0 Å². The lowest BCUT2D eigenvalue weighted by Gasteiger charge is -2.29. The topological polar surface area (TPSA) is 66.5 Å². The highest BCUT2D eigenvalue weighted by Gasteiger charge is 2.26. The molecule has 0 aliphatic carbocycles. The summed E-state index contributed by atoms with van der Waals surface area (Å²) in [6.07, 6.45) is 1.98. The van der Waals surface area contributed by atoms with Gasteiger partial charge in [0.05, 0.1) is 0 Å². The van der Waals surface area contributed by atoms with Crippen molar-refractivity contribution in [3.8, 4) is 0 Å². The Bertz CT molecular complexity index is 590. The molecule has 1 fully saturated rings. The van der Waals surface area contributed by atoms with Gasteiger partial charge in [-0.15, -0.1) is 0 Å². The van der Waals surface area contributed by atoms with Crippen molar-refractivity contribution in [2.75, 3.05) is 25.4 Å². The highest BCUT2D eigenvalue weighted by atomic mass is 32.2. The molecule has 1 saturated heterocycles. The van der Waals surface area contributed by atoms with Crippen molar-refractivity contribution in [2.24, 2.45) is 5.92 Å². The Labute approximate surface area is 135 Å². The van der Waals surface area contributed by atoms with Gasteiger partial charge in [-0.05, 0) is 24.3 Å². The summed E-state index contributed by atoms with van der Waals surface area (Å²) in [6, 6.07) is 9.59. The van der Waals surface area contributed by atoms with Crippen molar-refractivity contribution in [3.05, 3.63) is 35.9 Å². The molecule has 0 saturated carbocycles. The van der Waals surface area contributed by atoms with Gasteiger partial charge in [-0.3, -0.25) is 4.21 Å². The number of piperidine rings is 1. The van der Waals surface area contributed by atoms with Crippen molar-refractivity contribution < 1.29 is 12.6 Å². The van der Waals surface area contributed by atoms with Crippen LogP contribution in [0.4, 0.5) is 0 Å². The summed E-state index contributed by atoms with van der Waals surface area (Å²) >= 11 is 0. The first-order valence-electron chi connectivity index (χ1n) is 7.61. The number of rotatable bonds is 7. The molecule has 1 aliphatic heterocycles. The molecule has 22 heavy (non-hydrogen) atoms. The Hall–Kier alpha value is -0.760. The first-order chi connectivity index (χ1) is 10.5. The van der Waals surface area contributed by atoms with Crippen LogP contribution >= 0.6 is 0 Å². The van der Waals surface area contributed by atoms with Crippen LogP contribution in [0.2, 0.25) is 0 Å². The van der Waals surface area contributed by atoms with E-state index < -0.39 is 21.0 Å². The van der Waals surface area contributed by atoms with Crippen molar-refractivity contribution in [3.63, 3.8) is 0 Å². The summed E-state index contributed by atoms with van der Waals surface area (Å²) in [7, 11) is -4.50. The van der Waals surface area contributed by atoms with Crippen molar-refractivity contribution in [1.82, 2.24) is 9.03 Å². The average Bonchev–Trinajstić information content (AvgIpc) is 2.48. The summed E-state index contributed by atoms with van der Waals surface area (Å²) in [5.74, 6) is 1.19. The quantitative estimate of drug-likeness (QED) is 0.815. The third-order valence-corrected chi connectivity index (χ3v) is 6.64. The Morgan fingerprint density at radius 1 is 1.32 bits per heavy atom. The van der Waals surface area contributed by atoms with Crippen molar-refractivity contribution >= 4 is 21.0 Å². The summed E-state index contributed by atoms with van der Waals surface area (Å²) in [4.78, 5) is 0. The van der Waals surface area contributed by atoms with Gasteiger partial charge >= 0.3 is 0 Å². The molecule has 2 atom stereocenters. The van der Waals surface area contributed by atoms with Gasteiger partial charge in [0.2, 0.25) is 0 Å². The zero-order valence-electron chi connectivity index (χ0n) is 12.9. The maximum atomic E-state index is 12.2. The molecule has 1 aliphatic rings. The van der Waals surface area contributed by atoms with Crippen LogP contribution in [-0.2, 0) is 26.8 Å². The normalized spacial score (nSPS) is 21.6. The number of nitrogens with zero attached hydrogens (tertiary/aromatic N) is 1. The average molecular weight is 345 g/mol. The van der Waals surface area contributed by atoms with Crippen LogP contribution < -0.4 is 4.72 Å². The van der Waals surface area contributed by atoms with Gasteiger partial charge in [-0.2, -0.15) is 12.7 Å². The molecule has 0 bridgehead atoms. The van der Waals surface area contributed by atoms with Gasteiger partial charge in [-0.25, -0.2) is 4.72 Å². The second kappa shape index (κ2) is 8.19. The molecule has 124 valence electrons. The number of hydrogen-bond acceptors (Lipinski definition) is 3. The highest BCUT2D eigenvalue weighted by Crippen LogP contribution is 2.17. The number of nitrogens with one attached hydrogen (secondary N) is 1. The summed E-state index contributed by atoms with van der Waals surface area (Å²) in [6.45, 7) is 3.43. The summed E-state index contributed by atoms with van der Waals surface area (Å²) < 4.78 is 40.4.